The first-order valence-electron chi connectivity index (χ1n) is 8.80. The lowest BCUT2D eigenvalue weighted by molar-refractivity contribution is -0.144. The molecule has 1 aromatic carbocycles. The molecule has 2 heterocycles. The van der Waals surface area contributed by atoms with Gasteiger partial charge in [0.15, 0.2) is 6.04 Å². The van der Waals surface area contributed by atoms with Crippen molar-refractivity contribution in [1.29, 1.82) is 0 Å². The molecule has 140 valence electrons. The van der Waals surface area contributed by atoms with Gasteiger partial charge in [-0.25, -0.2) is 4.98 Å². The molecule has 2 N–H and O–H groups in total. The third-order valence-corrected chi connectivity index (χ3v) is 5.47. The van der Waals surface area contributed by atoms with Crippen molar-refractivity contribution < 1.29 is 9.90 Å². The normalized spacial score (nSPS) is 18.0. The minimum atomic E-state index is -0.863. The average Bonchev–Trinajstić information content (AvgIpc) is 2.97. The van der Waals surface area contributed by atoms with E-state index in [1.54, 1.807) is 0 Å². The van der Waals surface area contributed by atoms with Crippen LogP contribution in [-0.2, 0) is 4.79 Å². The highest BCUT2D eigenvalue weighted by Gasteiger charge is 2.35. The monoisotopic (exact) mass is 420 g/mol. The van der Waals surface area contributed by atoms with Crippen molar-refractivity contribution in [3.05, 3.63) is 40.6 Å². The van der Waals surface area contributed by atoms with Gasteiger partial charge in [0.05, 0.1) is 5.69 Å². The molecule has 0 amide bonds. The Hall–Kier alpha value is -1.70. The number of imidazole rings is 1. The summed E-state index contributed by atoms with van der Waals surface area (Å²) in [6, 6.07) is 8.98. The molecule has 1 aliphatic heterocycles. The van der Waals surface area contributed by atoms with Crippen molar-refractivity contribution in [2.45, 2.75) is 32.4 Å². The number of rotatable bonds is 4. The maximum Gasteiger partial charge on any atom is 0.327 e. The van der Waals surface area contributed by atoms with E-state index >= 15 is 0 Å². The molecule has 1 aromatic heterocycles. The molecule has 26 heavy (non-hydrogen) atoms. The topological polar surface area (TPSA) is 72.5 Å². The lowest BCUT2D eigenvalue weighted by atomic mass is 10.0. The fourth-order valence-corrected chi connectivity index (χ4v) is 3.89. The maximum absolute atomic E-state index is 12.1. The van der Waals surface area contributed by atoms with Crippen LogP contribution in [0.15, 0.2) is 34.9 Å². The molecule has 1 fully saturated rings. The van der Waals surface area contributed by atoms with Gasteiger partial charge in [0.2, 0.25) is 0 Å². The van der Waals surface area contributed by atoms with Gasteiger partial charge in [-0.2, -0.15) is 0 Å². The minimum absolute atomic E-state index is 0.0971. The van der Waals surface area contributed by atoms with E-state index in [1.807, 2.05) is 35.2 Å². The van der Waals surface area contributed by atoms with Crippen LogP contribution in [0.1, 0.15) is 32.5 Å². The Bertz CT molecular complexity index is 762. The smallest absolute Gasteiger partial charge is 0.327 e. The van der Waals surface area contributed by atoms with Gasteiger partial charge < -0.3 is 10.1 Å². The summed E-state index contributed by atoms with van der Waals surface area (Å²) >= 11 is 3.45. The van der Waals surface area contributed by atoms with E-state index in [4.69, 9.17) is 0 Å². The van der Waals surface area contributed by atoms with E-state index in [0.29, 0.717) is 29.2 Å². The largest absolute Gasteiger partial charge is 0.480 e. The highest BCUT2D eigenvalue weighted by atomic mass is 79.9. The number of piperazine rings is 1. The summed E-state index contributed by atoms with van der Waals surface area (Å²) in [7, 11) is 0. The van der Waals surface area contributed by atoms with Crippen molar-refractivity contribution in [2.24, 2.45) is 0 Å². The van der Waals surface area contributed by atoms with Crippen LogP contribution in [0.5, 0.6) is 0 Å². The minimum Gasteiger partial charge on any atom is -0.480 e. The first-order valence-corrected chi connectivity index (χ1v) is 9.59. The average molecular weight is 421 g/mol. The summed E-state index contributed by atoms with van der Waals surface area (Å²) in [5.41, 5.74) is 1.63. The van der Waals surface area contributed by atoms with Crippen LogP contribution in [0.2, 0.25) is 0 Å². The van der Waals surface area contributed by atoms with Gasteiger partial charge in [-0.05, 0) is 36.7 Å². The molecule has 0 spiro atoms. The number of aromatic amines is 1. The first-order chi connectivity index (χ1) is 12.3. The Balaban J connectivity index is 1.84. The zero-order valence-corrected chi connectivity index (χ0v) is 17.0. The SMILES string of the molecule is CC(C)(C)N1CCN(C(C(=O)O)c2[nH]c(-c3ccccc3)nc2Br)CC1. The lowest BCUT2D eigenvalue weighted by Crippen LogP contribution is -2.54. The zero-order valence-electron chi connectivity index (χ0n) is 15.4. The molecule has 0 bridgehead atoms. The predicted molar refractivity (Wildman–Crippen MR) is 105 cm³/mol. The Morgan fingerprint density at radius 3 is 2.35 bits per heavy atom. The highest BCUT2D eigenvalue weighted by Crippen LogP contribution is 2.31. The molecule has 7 heteroatoms. The summed E-state index contributed by atoms with van der Waals surface area (Å²) in [5, 5.41) is 9.89. The van der Waals surface area contributed by atoms with Gasteiger partial charge in [0.25, 0.3) is 0 Å². The highest BCUT2D eigenvalue weighted by molar-refractivity contribution is 9.10. The second kappa shape index (κ2) is 7.50. The molecule has 6 nitrogen and oxygen atoms in total. The van der Waals surface area contributed by atoms with Gasteiger partial charge in [-0.15, -0.1) is 0 Å². The summed E-state index contributed by atoms with van der Waals surface area (Å²) in [6.07, 6.45) is 0. The molecule has 1 atom stereocenters. The van der Waals surface area contributed by atoms with Crippen LogP contribution >= 0.6 is 15.9 Å². The molecule has 1 unspecified atom stereocenters. The number of halogens is 1. The van der Waals surface area contributed by atoms with E-state index in [-0.39, 0.29) is 5.54 Å². The van der Waals surface area contributed by atoms with Crippen LogP contribution in [0.25, 0.3) is 11.4 Å². The molecule has 2 aromatic rings. The Morgan fingerprint density at radius 2 is 1.81 bits per heavy atom. The Labute approximate surface area is 162 Å². The summed E-state index contributed by atoms with van der Waals surface area (Å²) in [4.78, 5) is 24.2. The number of aliphatic carboxylic acids is 1. The molecular formula is C19H25BrN4O2. The zero-order chi connectivity index (χ0) is 18.9. The van der Waals surface area contributed by atoms with Crippen molar-refractivity contribution >= 4 is 21.9 Å². The predicted octanol–water partition coefficient (Wildman–Crippen LogP) is 3.38. The number of hydrogen-bond donors (Lipinski definition) is 2. The molecule has 1 saturated heterocycles. The van der Waals surface area contributed by atoms with Crippen molar-refractivity contribution in [3.63, 3.8) is 0 Å². The summed E-state index contributed by atoms with van der Waals surface area (Å²) in [6.45, 7) is 9.69. The van der Waals surface area contributed by atoms with Gasteiger partial charge in [0, 0.05) is 37.3 Å². The molecule has 0 radical (unpaired) electrons. The number of carbonyl (C=O) groups is 1. The number of nitrogens with one attached hydrogen (secondary N) is 1. The Morgan fingerprint density at radius 1 is 1.19 bits per heavy atom. The molecule has 3 rings (SSSR count). The van der Waals surface area contributed by atoms with Crippen LogP contribution in [-0.4, -0.2) is 62.6 Å². The molecule has 0 saturated carbocycles. The van der Waals surface area contributed by atoms with Crippen molar-refractivity contribution in [2.75, 3.05) is 26.2 Å². The van der Waals surface area contributed by atoms with Crippen molar-refractivity contribution in [1.82, 2.24) is 19.8 Å². The van der Waals surface area contributed by atoms with E-state index in [2.05, 4.69) is 51.6 Å². The first kappa shape index (κ1) is 19.1. The van der Waals surface area contributed by atoms with Gasteiger partial charge in [-0.1, -0.05) is 30.3 Å². The third kappa shape index (κ3) is 4.00. The quantitative estimate of drug-likeness (QED) is 0.792. The number of carboxylic acid groups (broad SMARTS) is 1. The van der Waals surface area contributed by atoms with Crippen LogP contribution in [0, 0.1) is 0 Å². The van der Waals surface area contributed by atoms with Crippen molar-refractivity contribution in [3.8, 4) is 11.4 Å². The number of nitrogens with zero attached hydrogens (tertiary/aromatic N) is 3. The van der Waals surface area contributed by atoms with Gasteiger partial charge in [-0.3, -0.25) is 14.6 Å². The third-order valence-electron chi connectivity index (χ3n) is 4.87. The Kier molecular flexibility index (Phi) is 5.50. The van der Waals surface area contributed by atoms with Crippen LogP contribution < -0.4 is 0 Å². The fraction of sp³-hybridized carbons (Fsp3) is 0.474. The molecule has 0 aliphatic carbocycles. The van der Waals surface area contributed by atoms with E-state index in [9.17, 15) is 9.90 Å². The lowest BCUT2D eigenvalue weighted by Gasteiger charge is -2.43. The number of benzene rings is 1. The number of H-pyrrole nitrogens is 1. The van der Waals surface area contributed by atoms with E-state index in [1.165, 1.54) is 0 Å². The fourth-order valence-electron chi connectivity index (χ4n) is 3.39. The van der Waals surface area contributed by atoms with Crippen LogP contribution in [0.3, 0.4) is 0 Å². The van der Waals surface area contributed by atoms with Gasteiger partial charge >= 0.3 is 5.97 Å². The number of aromatic nitrogens is 2. The molecule has 1 aliphatic rings. The molecular weight excluding hydrogens is 396 g/mol. The second-order valence-electron chi connectivity index (χ2n) is 7.59. The maximum atomic E-state index is 12.1. The standard InChI is InChI=1S/C19H25BrN4O2/c1-19(2,3)24-11-9-23(10-12-24)15(18(25)26)14-16(20)22-17(21-14)13-7-5-4-6-8-13/h4-8,15H,9-12H2,1-3H3,(H,21,22)(H,25,26). The second-order valence-corrected chi connectivity index (χ2v) is 8.34. The van der Waals surface area contributed by atoms with Crippen LogP contribution in [0.4, 0.5) is 0 Å². The number of hydrogen-bond acceptors (Lipinski definition) is 4. The van der Waals surface area contributed by atoms with E-state index in [0.717, 1.165) is 18.7 Å². The summed E-state index contributed by atoms with van der Waals surface area (Å²) in [5.74, 6) is -0.190. The number of carboxylic acids is 1. The summed E-state index contributed by atoms with van der Waals surface area (Å²) < 4.78 is 0.557. The van der Waals surface area contributed by atoms with E-state index < -0.39 is 12.0 Å². The van der Waals surface area contributed by atoms with Gasteiger partial charge in [0.1, 0.15) is 10.4 Å².